The van der Waals surface area contributed by atoms with Crippen molar-refractivity contribution in [2.24, 2.45) is 0 Å². The van der Waals surface area contributed by atoms with E-state index in [4.69, 9.17) is 16.3 Å². The van der Waals surface area contributed by atoms with Gasteiger partial charge in [0.05, 0.1) is 18.9 Å². The number of nitrogens with zero attached hydrogens (tertiary/aromatic N) is 3. The summed E-state index contributed by atoms with van der Waals surface area (Å²) in [6, 6.07) is 12.8. The first-order valence-corrected chi connectivity index (χ1v) is 5.65. The van der Waals surface area contributed by atoms with E-state index < -0.39 is 5.92 Å². The highest BCUT2D eigenvalue weighted by molar-refractivity contribution is 6.29. The second kappa shape index (κ2) is 5.48. The summed E-state index contributed by atoms with van der Waals surface area (Å²) in [5.41, 5.74) is 1.42. The van der Waals surface area contributed by atoms with Gasteiger partial charge in [0.25, 0.3) is 0 Å². The zero-order valence-electron chi connectivity index (χ0n) is 9.67. The van der Waals surface area contributed by atoms with Crippen LogP contribution in [0.4, 0.5) is 0 Å². The summed E-state index contributed by atoms with van der Waals surface area (Å²) < 4.78 is 5.08. The highest BCUT2D eigenvalue weighted by Crippen LogP contribution is 2.24. The Labute approximate surface area is 110 Å². The van der Waals surface area contributed by atoms with Gasteiger partial charge in [0, 0.05) is 0 Å². The van der Waals surface area contributed by atoms with Crippen LogP contribution in [0.2, 0.25) is 5.15 Å². The molecule has 1 aromatic heterocycles. The summed E-state index contributed by atoms with van der Waals surface area (Å²) in [7, 11) is 1.60. The number of aromatic nitrogens is 2. The lowest BCUT2D eigenvalue weighted by atomic mass is 9.97. The molecule has 1 atom stereocenters. The van der Waals surface area contributed by atoms with Crippen molar-refractivity contribution in [3.05, 3.63) is 52.8 Å². The number of ether oxygens (including phenoxy) is 1. The van der Waals surface area contributed by atoms with E-state index in [1.807, 2.05) is 24.3 Å². The van der Waals surface area contributed by atoms with E-state index in [1.165, 1.54) is 0 Å². The molecular formula is C13H10ClN3O. The molecular weight excluding hydrogens is 250 g/mol. The number of halogens is 1. The third-order valence-electron chi connectivity index (χ3n) is 2.53. The summed E-state index contributed by atoms with van der Waals surface area (Å²) in [6.45, 7) is 0. The summed E-state index contributed by atoms with van der Waals surface area (Å²) >= 11 is 5.67. The van der Waals surface area contributed by atoms with E-state index in [9.17, 15) is 5.26 Å². The van der Waals surface area contributed by atoms with Gasteiger partial charge in [-0.15, -0.1) is 5.10 Å². The lowest BCUT2D eigenvalue weighted by Gasteiger charge is -2.09. The fourth-order valence-electron chi connectivity index (χ4n) is 1.59. The van der Waals surface area contributed by atoms with E-state index in [2.05, 4.69) is 16.3 Å². The third kappa shape index (κ3) is 2.58. The number of rotatable bonds is 3. The molecule has 18 heavy (non-hydrogen) atoms. The van der Waals surface area contributed by atoms with Crippen LogP contribution in [-0.4, -0.2) is 17.3 Å². The van der Waals surface area contributed by atoms with Crippen LogP contribution >= 0.6 is 11.6 Å². The van der Waals surface area contributed by atoms with Gasteiger partial charge in [0.1, 0.15) is 11.7 Å². The Morgan fingerprint density at radius 2 is 1.89 bits per heavy atom. The first-order chi connectivity index (χ1) is 8.74. The van der Waals surface area contributed by atoms with Crippen molar-refractivity contribution in [2.75, 3.05) is 7.11 Å². The van der Waals surface area contributed by atoms with E-state index in [0.717, 1.165) is 11.3 Å². The van der Waals surface area contributed by atoms with Gasteiger partial charge in [0.2, 0.25) is 0 Å². The Hall–Kier alpha value is -2.12. The molecule has 90 valence electrons. The lowest BCUT2D eigenvalue weighted by molar-refractivity contribution is 0.414. The standard InChI is InChI=1S/C13H10ClN3O/c1-18-10-4-2-9(3-5-10)11(8-15)12-6-7-13(14)17-16-12/h2-7,11H,1H3/t11-/m1/s1. The molecule has 0 fully saturated rings. The monoisotopic (exact) mass is 259 g/mol. The Bertz CT molecular complexity index is 560. The summed E-state index contributed by atoms with van der Waals surface area (Å²) in [6.07, 6.45) is 0. The molecule has 0 unspecified atom stereocenters. The number of hydrogen-bond donors (Lipinski definition) is 0. The maximum absolute atomic E-state index is 9.25. The predicted molar refractivity (Wildman–Crippen MR) is 67.5 cm³/mol. The molecule has 1 aromatic carbocycles. The van der Waals surface area contributed by atoms with E-state index >= 15 is 0 Å². The molecule has 0 saturated carbocycles. The summed E-state index contributed by atoms with van der Waals surface area (Å²) in [5, 5.41) is 17.2. The molecule has 0 saturated heterocycles. The minimum atomic E-state index is -0.458. The molecule has 0 spiro atoms. The van der Waals surface area contributed by atoms with Crippen molar-refractivity contribution in [1.29, 1.82) is 5.26 Å². The van der Waals surface area contributed by atoms with Crippen molar-refractivity contribution in [2.45, 2.75) is 5.92 Å². The molecule has 1 heterocycles. The van der Waals surface area contributed by atoms with Crippen molar-refractivity contribution < 1.29 is 4.74 Å². The van der Waals surface area contributed by atoms with Crippen LogP contribution in [0.1, 0.15) is 17.2 Å². The lowest BCUT2D eigenvalue weighted by Crippen LogP contribution is -2.02. The van der Waals surface area contributed by atoms with E-state index in [0.29, 0.717) is 10.8 Å². The number of nitriles is 1. The van der Waals surface area contributed by atoms with Gasteiger partial charge in [-0.3, -0.25) is 0 Å². The van der Waals surface area contributed by atoms with Crippen molar-refractivity contribution in [3.8, 4) is 11.8 Å². The highest BCUT2D eigenvalue weighted by Gasteiger charge is 2.15. The van der Waals surface area contributed by atoms with Crippen LogP contribution in [0, 0.1) is 11.3 Å². The molecule has 0 radical (unpaired) electrons. The second-order valence-electron chi connectivity index (χ2n) is 3.62. The highest BCUT2D eigenvalue weighted by atomic mass is 35.5. The van der Waals surface area contributed by atoms with E-state index in [1.54, 1.807) is 19.2 Å². The van der Waals surface area contributed by atoms with E-state index in [-0.39, 0.29) is 0 Å². The van der Waals surface area contributed by atoms with Crippen LogP contribution in [0.15, 0.2) is 36.4 Å². The zero-order valence-corrected chi connectivity index (χ0v) is 10.4. The molecule has 2 rings (SSSR count). The molecule has 4 nitrogen and oxygen atoms in total. The normalized spacial score (nSPS) is 11.6. The summed E-state index contributed by atoms with van der Waals surface area (Å²) in [5.74, 6) is 0.290. The average molecular weight is 260 g/mol. The van der Waals surface area contributed by atoms with Crippen molar-refractivity contribution >= 4 is 11.6 Å². The topological polar surface area (TPSA) is 58.8 Å². The largest absolute Gasteiger partial charge is 0.497 e. The minimum Gasteiger partial charge on any atom is -0.497 e. The minimum absolute atomic E-state index is 0.310. The van der Waals surface area contributed by atoms with Crippen LogP contribution in [0.3, 0.4) is 0 Å². The molecule has 0 aliphatic heterocycles. The quantitative estimate of drug-likeness (QED) is 0.850. The number of benzene rings is 1. The first-order valence-electron chi connectivity index (χ1n) is 5.27. The Morgan fingerprint density at radius 3 is 2.39 bits per heavy atom. The molecule has 0 N–H and O–H groups in total. The van der Waals surface area contributed by atoms with Crippen molar-refractivity contribution in [1.82, 2.24) is 10.2 Å². The average Bonchev–Trinajstić information content (AvgIpc) is 2.42. The van der Waals surface area contributed by atoms with Crippen molar-refractivity contribution in [3.63, 3.8) is 0 Å². The van der Waals surface area contributed by atoms with Gasteiger partial charge in [-0.2, -0.15) is 10.4 Å². The van der Waals surface area contributed by atoms with Crippen LogP contribution < -0.4 is 4.74 Å². The Morgan fingerprint density at radius 1 is 1.17 bits per heavy atom. The van der Waals surface area contributed by atoms with Gasteiger partial charge in [-0.1, -0.05) is 23.7 Å². The Kier molecular flexibility index (Phi) is 3.75. The van der Waals surface area contributed by atoms with Gasteiger partial charge >= 0.3 is 0 Å². The SMILES string of the molecule is COc1ccc([C@@H](C#N)c2ccc(Cl)nn2)cc1. The molecule has 5 heteroatoms. The van der Waals surface area contributed by atoms with Crippen LogP contribution in [0.5, 0.6) is 5.75 Å². The number of methoxy groups -OCH3 is 1. The van der Waals surface area contributed by atoms with Gasteiger partial charge in [-0.25, -0.2) is 0 Å². The first kappa shape index (κ1) is 12.3. The predicted octanol–water partition coefficient (Wildman–Crippen LogP) is 2.79. The fourth-order valence-corrected chi connectivity index (χ4v) is 1.69. The molecule has 0 bridgehead atoms. The maximum Gasteiger partial charge on any atom is 0.151 e. The van der Waals surface area contributed by atoms with Crippen LogP contribution in [0.25, 0.3) is 0 Å². The fraction of sp³-hybridized carbons (Fsp3) is 0.154. The van der Waals surface area contributed by atoms with Gasteiger partial charge < -0.3 is 4.74 Å². The smallest absolute Gasteiger partial charge is 0.151 e. The third-order valence-corrected chi connectivity index (χ3v) is 2.73. The molecule has 0 aliphatic carbocycles. The summed E-state index contributed by atoms with van der Waals surface area (Å²) in [4.78, 5) is 0. The molecule has 2 aromatic rings. The van der Waals surface area contributed by atoms with Gasteiger partial charge in [0.15, 0.2) is 5.15 Å². The molecule has 0 amide bonds. The zero-order chi connectivity index (χ0) is 13.0. The maximum atomic E-state index is 9.25. The molecule has 0 aliphatic rings. The van der Waals surface area contributed by atoms with Gasteiger partial charge in [-0.05, 0) is 29.8 Å². The Balaban J connectivity index is 2.33. The second-order valence-corrected chi connectivity index (χ2v) is 4.00. The van der Waals surface area contributed by atoms with Crippen LogP contribution in [-0.2, 0) is 0 Å². The number of hydrogen-bond acceptors (Lipinski definition) is 4.